The molecule has 4 aliphatic carbocycles. The molecule has 4 aromatic carbocycles. The second-order valence-electron chi connectivity index (χ2n) is 19.5. The molecule has 0 N–H and O–H groups in total. The van der Waals surface area contributed by atoms with Crippen molar-refractivity contribution in [3.63, 3.8) is 0 Å². The van der Waals surface area contributed by atoms with Gasteiger partial charge < -0.3 is 0 Å². The molecule has 0 nitrogen and oxygen atoms in total. The predicted octanol–water partition coefficient (Wildman–Crippen LogP) is 16.4. The van der Waals surface area contributed by atoms with Crippen molar-refractivity contribution < 1.29 is 15.6 Å². The van der Waals surface area contributed by atoms with Gasteiger partial charge in [0.25, 0.3) is 0 Å². The van der Waals surface area contributed by atoms with E-state index in [2.05, 4.69) is 138 Å². The third-order valence-electron chi connectivity index (χ3n) is 15.2. The molecule has 0 saturated heterocycles. The molecule has 0 amide bonds. The van der Waals surface area contributed by atoms with E-state index in [4.69, 9.17) is 17.0 Å². The number of benzene rings is 4. The van der Waals surface area contributed by atoms with E-state index in [9.17, 15) is 0 Å². The molecule has 56 heavy (non-hydrogen) atoms. The standard InChI is InChI=1S/2C25H29.C2H7Si.2ClH.Zr/c2*1-3-19-10-12-21(13-11-19)23-9-7-8-22-16-20(17-24(22)23)18-25(2)14-5-4-6-15-25;1-3-2;;;/h2*7-13,16-17H,3-6,14-15,18H2,1-2H3;3H,1-2H3;2*1H;/q;;;;;+2/p-2. The monoisotopic (exact) mass is 877 g/mol. The molecule has 2 fully saturated rings. The normalized spacial score (nSPS) is 22.2. The van der Waals surface area contributed by atoms with Gasteiger partial charge in [-0.05, 0) is 0 Å². The van der Waals surface area contributed by atoms with E-state index in [1.54, 1.807) is 11.1 Å². The van der Waals surface area contributed by atoms with E-state index in [0.29, 0.717) is 0 Å². The summed E-state index contributed by atoms with van der Waals surface area (Å²) in [4.78, 5) is 0. The van der Waals surface area contributed by atoms with Crippen LogP contribution in [0.15, 0.2) is 96.1 Å². The molecule has 0 aliphatic heterocycles. The molecule has 2 unspecified atom stereocenters. The molecule has 8 rings (SSSR count). The van der Waals surface area contributed by atoms with Crippen molar-refractivity contribution >= 4 is 35.1 Å². The second-order valence-corrected chi connectivity index (χ2v) is 62.0. The van der Waals surface area contributed by atoms with Crippen LogP contribution in [0.2, 0.25) is 13.1 Å². The first kappa shape index (κ1) is 40.8. The number of aryl methyl sites for hydroxylation is 2. The van der Waals surface area contributed by atoms with Gasteiger partial charge in [0.1, 0.15) is 0 Å². The molecule has 2 saturated carbocycles. The van der Waals surface area contributed by atoms with Crippen molar-refractivity contribution in [2.75, 3.05) is 0 Å². The molecule has 0 bridgehead atoms. The minimum atomic E-state index is -5.04. The number of rotatable bonds is 11. The van der Waals surface area contributed by atoms with Crippen molar-refractivity contribution in [2.24, 2.45) is 10.8 Å². The third-order valence-corrected chi connectivity index (χ3v) is 67.1. The van der Waals surface area contributed by atoms with Crippen LogP contribution in [0.1, 0.15) is 145 Å². The fourth-order valence-electron chi connectivity index (χ4n) is 11.9. The van der Waals surface area contributed by atoms with Gasteiger partial charge in [-0.25, -0.2) is 0 Å². The van der Waals surface area contributed by atoms with Gasteiger partial charge >= 0.3 is 351 Å². The zero-order chi connectivity index (χ0) is 39.3. The molecular weight excluding hydrogens is 815 g/mol. The predicted molar refractivity (Wildman–Crippen MR) is 246 cm³/mol. The summed E-state index contributed by atoms with van der Waals surface area (Å²) in [5.41, 5.74) is 17.4. The quantitative estimate of drug-likeness (QED) is 0.132. The Morgan fingerprint density at radius 2 is 0.929 bits per heavy atom. The Labute approximate surface area is 348 Å². The molecule has 0 heterocycles. The molecule has 4 aliphatic rings. The fourth-order valence-corrected chi connectivity index (χ4v) is 43.2. The summed E-state index contributed by atoms with van der Waals surface area (Å²) in [6.45, 7) is 14.7. The van der Waals surface area contributed by atoms with Crippen LogP contribution in [-0.4, -0.2) is 5.92 Å². The van der Waals surface area contributed by atoms with Crippen molar-refractivity contribution in [1.29, 1.82) is 0 Å². The van der Waals surface area contributed by atoms with Gasteiger partial charge in [0.2, 0.25) is 0 Å². The molecular formula is C52H65Cl2SiZr. The average molecular weight is 880 g/mol. The van der Waals surface area contributed by atoms with Gasteiger partial charge in [-0.1, -0.05) is 0 Å². The molecule has 4 heteroatoms. The van der Waals surface area contributed by atoms with E-state index < -0.39 is 21.5 Å². The number of hydrogen-bond acceptors (Lipinski definition) is 0. The Kier molecular flexibility index (Phi) is 11.6. The summed E-state index contributed by atoms with van der Waals surface area (Å²) in [5, 5.41) is 0. The number of halogens is 2. The van der Waals surface area contributed by atoms with Crippen molar-refractivity contribution in [1.82, 2.24) is 0 Å². The third kappa shape index (κ3) is 7.33. The van der Waals surface area contributed by atoms with E-state index in [1.165, 1.54) is 120 Å². The van der Waals surface area contributed by atoms with Gasteiger partial charge in [-0.15, -0.1) is 0 Å². The molecule has 0 aromatic heterocycles. The Bertz CT molecular complexity index is 1980. The Morgan fingerprint density at radius 3 is 1.27 bits per heavy atom. The number of allylic oxidation sites excluding steroid dienone is 2. The van der Waals surface area contributed by atoms with Crippen LogP contribution in [-0.2, 0) is 28.4 Å². The van der Waals surface area contributed by atoms with Gasteiger partial charge in [0, 0.05) is 0 Å². The van der Waals surface area contributed by atoms with Gasteiger partial charge in [-0.2, -0.15) is 0 Å². The van der Waals surface area contributed by atoms with Crippen LogP contribution in [0.25, 0.3) is 34.4 Å². The first-order valence-corrected chi connectivity index (χ1v) is 38.6. The summed E-state index contributed by atoms with van der Waals surface area (Å²) in [6.07, 6.45) is 22.8. The van der Waals surface area contributed by atoms with E-state index in [0.717, 1.165) is 25.7 Å². The van der Waals surface area contributed by atoms with Crippen LogP contribution in [0, 0.1) is 10.8 Å². The fraction of sp³-hybridized carbons (Fsp3) is 0.462. The van der Waals surface area contributed by atoms with Crippen LogP contribution < -0.4 is 0 Å². The topological polar surface area (TPSA) is 0 Å². The molecule has 0 spiro atoms. The summed E-state index contributed by atoms with van der Waals surface area (Å²) in [6, 6.07) is 32.9. The Morgan fingerprint density at radius 1 is 0.554 bits per heavy atom. The Hall–Kier alpha value is -1.96. The van der Waals surface area contributed by atoms with Crippen molar-refractivity contribution in [3.05, 3.63) is 129 Å². The second kappa shape index (κ2) is 15.9. The van der Waals surface area contributed by atoms with Crippen LogP contribution in [0.4, 0.5) is 0 Å². The zero-order valence-electron chi connectivity index (χ0n) is 35.1. The number of hydrogen-bond donors (Lipinski definition) is 0. The summed E-state index contributed by atoms with van der Waals surface area (Å²) in [7, 11) is 18.3. The molecule has 295 valence electrons. The molecule has 4 aromatic rings. The summed E-state index contributed by atoms with van der Waals surface area (Å²) < 4.78 is 0.224. The molecule has 0 radical (unpaired) electrons. The maximum atomic E-state index is 9.14. The van der Waals surface area contributed by atoms with Gasteiger partial charge in [0.15, 0.2) is 0 Å². The average Bonchev–Trinajstić information content (AvgIpc) is 3.77. The van der Waals surface area contributed by atoms with Crippen LogP contribution in [0.3, 0.4) is 0 Å². The van der Waals surface area contributed by atoms with Crippen molar-refractivity contribution in [2.45, 2.75) is 138 Å². The number of fused-ring (bicyclic) bond motifs is 2. The van der Waals surface area contributed by atoms with Crippen LogP contribution in [0.5, 0.6) is 0 Å². The summed E-state index contributed by atoms with van der Waals surface area (Å²) >= 11 is -5.04. The van der Waals surface area contributed by atoms with Gasteiger partial charge in [-0.3, -0.25) is 0 Å². The van der Waals surface area contributed by atoms with Crippen molar-refractivity contribution in [3.8, 4) is 22.3 Å². The van der Waals surface area contributed by atoms with Gasteiger partial charge in [0.05, 0.1) is 0 Å². The zero-order valence-corrected chi connectivity index (χ0v) is 40.2. The minimum absolute atomic E-state index is 0.112. The first-order valence-electron chi connectivity index (χ1n) is 22.3. The van der Waals surface area contributed by atoms with E-state index in [1.807, 2.05) is 0 Å². The maximum absolute atomic E-state index is 9.14. The van der Waals surface area contributed by atoms with E-state index >= 15 is 0 Å². The van der Waals surface area contributed by atoms with Crippen LogP contribution >= 0.6 is 17.0 Å². The summed E-state index contributed by atoms with van der Waals surface area (Å²) in [5.74, 6) is -1.72. The first-order chi connectivity index (χ1) is 26.9. The Balaban J connectivity index is 1.34. The SMILES string of the molecule is CCc1ccc(-c2cccc3c2C=C(CC2(C)CCCCC2)[CH]3[Zr]([Cl])([Cl])([CH]2C(CC3(C)CCCCC3)=Cc3c(-c4ccc(CC)cc4)cccc32)[SiH](C)C)cc1. The van der Waals surface area contributed by atoms with E-state index in [-0.39, 0.29) is 18.1 Å². The molecule has 2 atom stereocenters.